The number of rotatable bonds is 2. The Hall–Kier alpha value is -1.26. The fraction of sp³-hybridized carbons (Fsp3) is 0.250. The van der Waals surface area contributed by atoms with Gasteiger partial charge in [-0.15, -0.1) is 11.8 Å². The fourth-order valence-corrected chi connectivity index (χ4v) is 2.86. The van der Waals surface area contributed by atoms with Crippen LogP contribution in [-0.2, 0) is 4.74 Å². The van der Waals surface area contributed by atoms with Gasteiger partial charge in [-0.25, -0.2) is 0 Å². The minimum Gasteiger partial charge on any atom is -0.397 e. The number of anilines is 1. The second-order valence-electron chi connectivity index (χ2n) is 3.84. The van der Waals surface area contributed by atoms with Gasteiger partial charge < -0.3 is 10.5 Å². The standard InChI is InChI=1S/C12H12N2OS/c13-10-5-14-11-4-2-1-3-9(11)12(10)16-8-6-15-7-8/h1-5,8H,6-7,13H2. The van der Waals surface area contributed by atoms with Gasteiger partial charge in [-0.05, 0) is 6.07 Å². The number of pyridine rings is 1. The van der Waals surface area contributed by atoms with Crippen molar-refractivity contribution in [1.82, 2.24) is 4.98 Å². The van der Waals surface area contributed by atoms with Crippen LogP contribution < -0.4 is 5.73 Å². The van der Waals surface area contributed by atoms with Crippen molar-refractivity contribution in [3.05, 3.63) is 30.5 Å². The highest BCUT2D eigenvalue weighted by atomic mass is 32.2. The van der Waals surface area contributed by atoms with Crippen LogP contribution >= 0.6 is 11.8 Å². The van der Waals surface area contributed by atoms with Crippen molar-refractivity contribution in [2.75, 3.05) is 18.9 Å². The van der Waals surface area contributed by atoms with E-state index >= 15 is 0 Å². The van der Waals surface area contributed by atoms with E-state index in [0.29, 0.717) is 5.25 Å². The summed E-state index contributed by atoms with van der Waals surface area (Å²) in [6.07, 6.45) is 1.74. The molecule has 1 aliphatic heterocycles. The number of nitrogen functional groups attached to an aromatic ring is 1. The van der Waals surface area contributed by atoms with E-state index in [-0.39, 0.29) is 0 Å². The largest absolute Gasteiger partial charge is 0.397 e. The maximum atomic E-state index is 5.99. The topological polar surface area (TPSA) is 48.1 Å². The van der Waals surface area contributed by atoms with Gasteiger partial charge in [-0.2, -0.15) is 0 Å². The molecule has 82 valence electrons. The highest BCUT2D eigenvalue weighted by Crippen LogP contribution is 2.36. The molecule has 1 saturated heterocycles. The summed E-state index contributed by atoms with van der Waals surface area (Å²) >= 11 is 1.80. The van der Waals surface area contributed by atoms with Crippen LogP contribution in [-0.4, -0.2) is 23.4 Å². The van der Waals surface area contributed by atoms with Crippen molar-refractivity contribution in [1.29, 1.82) is 0 Å². The molecule has 1 aromatic heterocycles. The lowest BCUT2D eigenvalue weighted by atomic mass is 10.2. The Labute approximate surface area is 98.0 Å². The number of hydrogen-bond donors (Lipinski definition) is 1. The zero-order chi connectivity index (χ0) is 11.0. The van der Waals surface area contributed by atoms with Gasteiger partial charge in [0.15, 0.2) is 0 Å². The zero-order valence-electron chi connectivity index (χ0n) is 8.72. The second-order valence-corrected chi connectivity index (χ2v) is 5.15. The van der Waals surface area contributed by atoms with Crippen LogP contribution in [0.5, 0.6) is 0 Å². The van der Waals surface area contributed by atoms with Crippen LogP contribution in [0.4, 0.5) is 5.69 Å². The van der Waals surface area contributed by atoms with Crippen LogP contribution in [0.1, 0.15) is 0 Å². The average molecular weight is 232 g/mol. The summed E-state index contributed by atoms with van der Waals surface area (Å²) in [5, 5.41) is 1.67. The van der Waals surface area contributed by atoms with Crippen LogP contribution in [0.3, 0.4) is 0 Å². The smallest absolute Gasteiger partial charge is 0.0714 e. The Morgan fingerprint density at radius 1 is 1.31 bits per heavy atom. The summed E-state index contributed by atoms with van der Waals surface area (Å²) in [5.41, 5.74) is 7.75. The molecule has 1 aliphatic rings. The first-order valence-electron chi connectivity index (χ1n) is 5.22. The Kier molecular flexibility index (Phi) is 2.46. The van der Waals surface area contributed by atoms with Crippen molar-refractivity contribution < 1.29 is 4.74 Å². The third-order valence-corrected chi connectivity index (χ3v) is 3.94. The minimum atomic E-state index is 0.535. The van der Waals surface area contributed by atoms with Crippen molar-refractivity contribution in [2.45, 2.75) is 10.1 Å². The predicted molar refractivity (Wildman–Crippen MR) is 66.6 cm³/mol. The minimum absolute atomic E-state index is 0.535. The number of aromatic nitrogens is 1. The van der Waals surface area contributed by atoms with E-state index in [1.54, 1.807) is 18.0 Å². The number of nitrogens with zero attached hydrogens (tertiary/aromatic N) is 1. The number of nitrogens with two attached hydrogens (primary N) is 1. The maximum Gasteiger partial charge on any atom is 0.0714 e. The highest BCUT2D eigenvalue weighted by molar-refractivity contribution is 8.00. The van der Waals surface area contributed by atoms with Crippen LogP contribution in [0, 0.1) is 0 Å². The molecule has 0 bridgehead atoms. The van der Waals surface area contributed by atoms with Crippen LogP contribution in [0.25, 0.3) is 10.9 Å². The van der Waals surface area contributed by atoms with E-state index < -0.39 is 0 Å². The van der Waals surface area contributed by atoms with E-state index in [1.165, 1.54) is 0 Å². The molecule has 0 saturated carbocycles. The third-order valence-electron chi connectivity index (χ3n) is 2.65. The van der Waals surface area contributed by atoms with Gasteiger partial charge in [0.25, 0.3) is 0 Å². The molecule has 0 radical (unpaired) electrons. The van der Waals surface area contributed by atoms with Gasteiger partial charge in [0, 0.05) is 10.3 Å². The molecule has 3 nitrogen and oxygen atoms in total. The van der Waals surface area contributed by atoms with E-state index in [4.69, 9.17) is 10.5 Å². The summed E-state index contributed by atoms with van der Waals surface area (Å²) in [5.74, 6) is 0. The van der Waals surface area contributed by atoms with Gasteiger partial charge in [0.05, 0.1) is 35.9 Å². The van der Waals surface area contributed by atoms with Gasteiger partial charge in [0.2, 0.25) is 0 Å². The van der Waals surface area contributed by atoms with Crippen LogP contribution in [0.2, 0.25) is 0 Å². The van der Waals surface area contributed by atoms with E-state index in [0.717, 1.165) is 34.7 Å². The number of para-hydroxylation sites is 1. The summed E-state index contributed by atoms with van der Waals surface area (Å²) in [6.45, 7) is 1.64. The molecule has 0 unspecified atom stereocenters. The molecule has 4 heteroatoms. The summed E-state index contributed by atoms with van der Waals surface area (Å²) in [4.78, 5) is 5.46. The first-order valence-corrected chi connectivity index (χ1v) is 6.10. The molecular formula is C12H12N2OS. The quantitative estimate of drug-likeness (QED) is 0.863. The van der Waals surface area contributed by atoms with E-state index in [2.05, 4.69) is 11.1 Å². The molecule has 0 atom stereocenters. The van der Waals surface area contributed by atoms with Crippen molar-refractivity contribution in [2.24, 2.45) is 0 Å². The second kappa shape index (κ2) is 3.96. The number of fused-ring (bicyclic) bond motifs is 1. The van der Waals surface area contributed by atoms with Crippen molar-refractivity contribution in [3.63, 3.8) is 0 Å². The molecule has 0 spiro atoms. The SMILES string of the molecule is Nc1cnc2ccccc2c1SC1COC1. The molecule has 2 aromatic rings. The Morgan fingerprint density at radius 3 is 2.88 bits per heavy atom. The maximum absolute atomic E-state index is 5.99. The number of hydrogen-bond acceptors (Lipinski definition) is 4. The molecule has 3 rings (SSSR count). The molecule has 0 aliphatic carbocycles. The van der Waals surface area contributed by atoms with E-state index in [9.17, 15) is 0 Å². The lowest BCUT2D eigenvalue weighted by Gasteiger charge is -2.26. The molecule has 2 heterocycles. The van der Waals surface area contributed by atoms with Crippen molar-refractivity contribution in [3.8, 4) is 0 Å². The molecular weight excluding hydrogens is 220 g/mol. The first-order chi connectivity index (χ1) is 7.84. The van der Waals surface area contributed by atoms with Gasteiger partial charge in [0.1, 0.15) is 0 Å². The molecule has 1 aromatic carbocycles. The van der Waals surface area contributed by atoms with Gasteiger partial charge >= 0.3 is 0 Å². The van der Waals surface area contributed by atoms with Crippen molar-refractivity contribution >= 4 is 28.4 Å². The average Bonchev–Trinajstić information content (AvgIpc) is 2.25. The first kappa shape index (κ1) is 9.93. The Balaban J connectivity index is 2.08. The zero-order valence-corrected chi connectivity index (χ0v) is 9.54. The van der Waals surface area contributed by atoms with Gasteiger partial charge in [-0.1, -0.05) is 18.2 Å². The summed E-state index contributed by atoms with van der Waals surface area (Å²) in [6, 6.07) is 8.09. The Bertz CT molecular complexity index is 525. The molecule has 2 N–H and O–H groups in total. The number of benzene rings is 1. The predicted octanol–water partition coefficient (Wildman–Crippen LogP) is 2.31. The summed E-state index contributed by atoms with van der Waals surface area (Å²) < 4.78 is 5.18. The lowest BCUT2D eigenvalue weighted by Crippen LogP contribution is -2.30. The number of ether oxygens (including phenoxy) is 1. The lowest BCUT2D eigenvalue weighted by molar-refractivity contribution is 0.0455. The van der Waals surface area contributed by atoms with Crippen LogP contribution in [0.15, 0.2) is 35.4 Å². The van der Waals surface area contributed by atoms with Gasteiger partial charge in [-0.3, -0.25) is 4.98 Å². The summed E-state index contributed by atoms with van der Waals surface area (Å²) in [7, 11) is 0. The Morgan fingerprint density at radius 2 is 2.12 bits per heavy atom. The molecule has 16 heavy (non-hydrogen) atoms. The van der Waals surface area contributed by atoms with E-state index in [1.807, 2.05) is 18.2 Å². The monoisotopic (exact) mass is 232 g/mol. The normalized spacial score (nSPS) is 16.2. The molecule has 1 fully saturated rings. The molecule has 0 amide bonds. The third kappa shape index (κ3) is 1.64. The fourth-order valence-electron chi connectivity index (χ4n) is 1.71. The highest BCUT2D eigenvalue weighted by Gasteiger charge is 2.21. The number of thioether (sulfide) groups is 1.